The molecule has 1 fully saturated rings. The fraction of sp³-hybridized carbons (Fsp3) is 0.692. The minimum Gasteiger partial charge on any atom is -0.353 e. The summed E-state index contributed by atoms with van der Waals surface area (Å²) in [6.45, 7) is 5.82. The molecule has 0 unspecified atom stereocenters. The summed E-state index contributed by atoms with van der Waals surface area (Å²) in [6.07, 6.45) is 3.85. The van der Waals surface area contributed by atoms with Gasteiger partial charge in [-0.3, -0.25) is 4.79 Å². The van der Waals surface area contributed by atoms with Crippen LogP contribution in [0.3, 0.4) is 0 Å². The predicted molar refractivity (Wildman–Crippen MR) is 73.7 cm³/mol. The Bertz CT molecular complexity index is 412. The Morgan fingerprint density at radius 1 is 1.44 bits per heavy atom. The van der Waals surface area contributed by atoms with Crippen molar-refractivity contribution in [2.24, 2.45) is 0 Å². The smallest absolute Gasteiger partial charge is 0.220 e. The average molecular weight is 267 g/mol. The van der Waals surface area contributed by atoms with Gasteiger partial charge in [0.25, 0.3) is 0 Å². The molecule has 0 atom stereocenters. The Morgan fingerprint density at radius 2 is 2.22 bits per heavy atom. The third-order valence-electron chi connectivity index (χ3n) is 2.99. The molecule has 2 N–H and O–H groups in total. The molecule has 1 amide bonds. The van der Waals surface area contributed by atoms with Gasteiger partial charge in [-0.2, -0.15) is 0 Å². The van der Waals surface area contributed by atoms with Crippen molar-refractivity contribution < 1.29 is 4.79 Å². The molecule has 1 heterocycles. The first-order valence-electron chi connectivity index (χ1n) is 6.58. The summed E-state index contributed by atoms with van der Waals surface area (Å²) >= 11 is 1.74. The summed E-state index contributed by atoms with van der Waals surface area (Å²) in [4.78, 5) is 17.1. The molecule has 1 aliphatic carbocycles. The molecule has 0 spiro atoms. The highest BCUT2D eigenvalue weighted by molar-refractivity contribution is 7.11. The normalized spacial score (nSPS) is 14.8. The third-order valence-corrected chi connectivity index (χ3v) is 4.06. The summed E-state index contributed by atoms with van der Waals surface area (Å²) in [7, 11) is 0. The van der Waals surface area contributed by atoms with Gasteiger partial charge in [-0.05, 0) is 39.7 Å². The van der Waals surface area contributed by atoms with Crippen LogP contribution in [0.15, 0.2) is 0 Å². The lowest BCUT2D eigenvalue weighted by Crippen LogP contribution is -2.26. The first-order valence-corrected chi connectivity index (χ1v) is 7.40. The summed E-state index contributed by atoms with van der Waals surface area (Å²) in [5.41, 5.74) is 1.12. The van der Waals surface area contributed by atoms with Crippen LogP contribution < -0.4 is 10.6 Å². The van der Waals surface area contributed by atoms with E-state index in [1.165, 1.54) is 4.88 Å². The van der Waals surface area contributed by atoms with Crippen LogP contribution in [0.25, 0.3) is 0 Å². The number of aromatic nitrogens is 1. The molecule has 1 aromatic heterocycles. The van der Waals surface area contributed by atoms with Gasteiger partial charge in [-0.25, -0.2) is 4.98 Å². The van der Waals surface area contributed by atoms with Gasteiger partial charge < -0.3 is 10.6 Å². The molecule has 100 valence electrons. The maximum Gasteiger partial charge on any atom is 0.220 e. The number of nitrogens with one attached hydrogen (secondary N) is 2. The van der Waals surface area contributed by atoms with Crippen molar-refractivity contribution in [1.29, 1.82) is 0 Å². The minimum absolute atomic E-state index is 0.198. The van der Waals surface area contributed by atoms with E-state index in [2.05, 4.69) is 15.6 Å². The standard InChI is InChI=1S/C13H21N3OS/c1-9-12(18-10(2)15-9)8-14-7-3-4-13(17)16-11-5-6-11/h11,14H,3-8H2,1-2H3,(H,16,17). The molecule has 1 aromatic rings. The second kappa shape index (κ2) is 6.29. The van der Waals surface area contributed by atoms with E-state index in [0.717, 1.165) is 43.1 Å². The Labute approximate surface area is 112 Å². The second-order valence-electron chi connectivity index (χ2n) is 4.86. The molecule has 0 aliphatic heterocycles. The molecule has 0 saturated heterocycles. The third kappa shape index (κ3) is 4.38. The van der Waals surface area contributed by atoms with Crippen LogP contribution in [0.4, 0.5) is 0 Å². The predicted octanol–water partition coefficient (Wildman–Crippen LogP) is 1.91. The summed E-state index contributed by atoms with van der Waals surface area (Å²) in [5, 5.41) is 7.49. The van der Waals surface area contributed by atoms with Crippen molar-refractivity contribution in [2.75, 3.05) is 6.54 Å². The lowest BCUT2D eigenvalue weighted by Gasteiger charge is -2.04. The van der Waals surface area contributed by atoms with Gasteiger partial charge in [0.2, 0.25) is 5.91 Å². The molecule has 0 bridgehead atoms. The van der Waals surface area contributed by atoms with Gasteiger partial charge >= 0.3 is 0 Å². The number of hydrogen-bond acceptors (Lipinski definition) is 4. The van der Waals surface area contributed by atoms with E-state index in [1.54, 1.807) is 11.3 Å². The zero-order chi connectivity index (χ0) is 13.0. The molecule has 1 saturated carbocycles. The first-order chi connectivity index (χ1) is 8.65. The number of hydrogen-bond donors (Lipinski definition) is 2. The van der Waals surface area contributed by atoms with Crippen LogP contribution >= 0.6 is 11.3 Å². The van der Waals surface area contributed by atoms with Crippen molar-refractivity contribution in [3.63, 3.8) is 0 Å². The molecule has 2 rings (SSSR count). The SMILES string of the molecule is Cc1nc(C)c(CNCCCC(=O)NC2CC2)s1. The maximum atomic E-state index is 11.4. The Morgan fingerprint density at radius 3 is 2.83 bits per heavy atom. The summed E-state index contributed by atoms with van der Waals surface area (Å²) in [5.74, 6) is 0.198. The van der Waals surface area contributed by atoms with Crippen LogP contribution in [0.5, 0.6) is 0 Å². The van der Waals surface area contributed by atoms with Crippen LogP contribution in [-0.4, -0.2) is 23.5 Å². The van der Waals surface area contributed by atoms with E-state index in [0.29, 0.717) is 12.5 Å². The fourth-order valence-electron chi connectivity index (χ4n) is 1.84. The summed E-state index contributed by atoms with van der Waals surface area (Å²) < 4.78 is 0. The molecular formula is C13H21N3OS. The minimum atomic E-state index is 0.198. The highest BCUT2D eigenvalue weighted by Crippen LogP contribution is 2.18. The monoisotopic (exact) mass is 267 g/mol. The Hall–Kier alpha value is -0.940. The zero-order valence-corrected chi connectivity index (χ0v) is 11.9. The first kappa shape index (κ1) is 13.5. The van der Waals surface area contributed by atoms with Gasteiger partial charge in [0.1, 0.15) is 0 Å². The zero-order valence-electron chi connectivity index (χ0n) is 11.1. The number of nitrogens with zero attached hydrogens (tertiary/aromatic N) is 1. The quantitative estimate of drug-likeness (QED) is 0.742. The van der Waals surface area contributed by atoms with Gasteiger partial charge in [0.15, 0.2) is 0 Å². The van der Waals surface area contributed by atoms with E-state index in [1.807, 2.05) is 13.8 Å². The van der Waals surface area contributed by atoms with E-state index >= 15 is 0 Å². The fourth-order valence-corrected chi connectivity index (χ4v) is 2.75. The van der Waals surface area contributed by atoms with Crippen LogP contribution in [0.1, 0.15) is 41.3 Å². The van der Waals surface area contributed by atoms with Gasteiger partial charge in [-0.15, -0.1) is 11.3 Å². The Balaban J connectivity index is 1.55. The number of carbonyl (C=O) groups is 1. The number of aryl methyl sites for hydroxylation is 2. The van der Waals surface area contributed by atoms with Crippen molar-refractivity contribution in [1.82, 2.24) is 15.6 Å². The number of rotatable bonds is 7. The van der Waals surface area contributed by atoms with Gasteiger partial charge in [-0.1, -0.05) is 0 Å². The van der Waals surface area contributed by atoms with Gasteiger partial charge in [0, 0.05) is 23.9 Å². The van der Waals surface area contributed by atoms with E-state index in [9.17, 15) is 4.79 Å². The highest BCUT2D eigenvalue weighted by atomic mass is 32.1. The van der Waals surface area contributed by atoms with Crippen molar-refractivity contribution in [3.8, 4) is 0 Å². The maximum absolute atomic E-state index is 11.4. The van der Waals surface area contributed by atoms with Crippen LogP contribution in [0.2, 0.25) is 0 Å². The van der Waals surface area contributed by atoms with E-state index in [-0.39, 0.29) is 5.91 Å². The molecule has 5 heteroatoms. The number of carbonyl (C=O) groups excluding carboxylic acids is 1. The van der Waals surface area contributed by atoms with Crippen LogP contribution in [0, 0.1) is 13.8 Å². The highest BCUT2D eigenvalue weighted by Gasteiger charge is 2.22. The molecule has 4 nitrogen and oxygen atoms in total. The van der Waals surface area contributed by atoms with Gasteiger partial charge in [0.05, 0.1) is 10.7 Å². The molecule has 18 heavy (non-hydrogen) atoms. The number of amides is 1. The van der Waals surface area contributed by atoms with E-state index in [4.69, 9.17) is 0 Å². The lowest BCUT2D eigenvalue weighted by atomic mass is 10.3. The lowest BCUT2D eigenvalue weighted by molar-refractivity contribution is -0.121. The molecule has 0 aromatic carbocycles. The molecule has 1 aliphatic rings. The number of thiazole rings is 1. The molecule has 0 radical (unpaired) electrons. The largest absolute Gasteiger partial charge is 0.353 e. The van der Waals surface area contributed by atoms with Crippen LogP contribution in [-0.2, 0) is 11.3 Å². The average Bonchev–Trinajstić information content (AvgIpc) is 3.04. The van der Waals surface area contributed by atoms with Crippen molar-refractivity contribution >= 4 is 17.2 Å². The van der Waals surface area contributed by atoms with Crippen molar-refractivity contribution in [2.45, 2.75) is 52.1 Å². The second-order valence-corrected chi connectivity index (χ2v) is 6.15. The van der Waals surface area contributed by atoms with E-state index < -0.39 is 0 Å². The Kier molecular flexibility index (Phi) is 4.72. The molecular weight excluding hydrogens is 246 g/mol. The summed E-state index contributed by atoms with van der Waals surface area (Å²) in [6, 6.07) is 0.480. The van der Waals surface area contributed by atoms with Crippen molar-refractivity contribution in [3.05, 3.63) is 15.6 Å². The topological polar surface area (TPSA) is 54.0 Å².